The Labute approximate surface area is 59.0 Å². The smallest absolute Gasteiger partial charge is 0.438 e. The highest BCUT2D eigenvalue weighted by Crippen LogP contribution is 2.11. The standard InChI is InChI=1S/C3H6O3.H3O3P/c1-5-3(4)6-2;1-4(2)3/h1-2H3;1-3H. The van der Waals surface area contributed by atoms with Gasteiger partial charge in [-0.2, -0.15) is 0 Å². The average molecular weight is 172 g/mol. The van der Waals surface area contributed by atoms with Gasteiger partial charge in [-0.3, -0.25) is 0 Å². The van der Waals surface area contributed by atoms with Gasteiger partial charge in [-0.1, -0.05) is 0 Å². The van der Waals surface area contributed by atoms with Gasteiger partial charge in [0.1, 0.15) is 0 Å². The Morgan fingerprint density at radius 1 is 1.20 bits per heavy atom. The van der Waals surface area contributed by atoms with E-state index in [2.05, 4.69) is 9.47 Å². The summed E-state index contributed by atoms with van der Waals surface area (Å²) < 4.78 is 8.08. The van der Waals surface area contributed by atoms with Crippen LogP contribution in [0.3, 0.4) is 0 Å². The van der Waals surface area contributed by atoms with Gasteiger partial charge in [0.15, 0.2) is 0 Å². The Morgan fingerprint density at radius 2 is 1.40 bits per heavy atom. The van der Waals surface area contributed by atoms with E-state index in [1.54, 1.807) is 0 Å². The van der Waals surface area contributed by atoms with Crippen LogP contribution in [0.4, 0.5) is 4.79 Å². The van der Waals surface area contributed by atoms with Gasteiger partial charge >= 0.3 is 14.8 Å². The number of carbonyl (C=O) groups is 1. The Hall–Kier alpha value is -0.420. The summed E-state index contributed by atoms with van der Waals surface area (Å²) in [5.74, 6) is 0. The van der Waals surface area contributed by atoms with Crippen LogP contribution in [-0.4, -0.2) is 35.1 Å². The molecule has 0 aliphatic heterocycles. The maximum Gasteiger partial charge on any atom is 0.507 e. The van der Waals surface area contributed by atoms with Crippen LogP contribution in [0.2, 0.25) is 0 Å². The number of hydrogen-bond acceptors (Lipinski definition) is 6. The van der Waals surface area contributed by atoms with Crippen molar-refractivity contribution in [1.29, 1.82) is 0 Å². The topological polar surface area (TPSA) is 96.2 Å². The molecule has 0 rings (SSSR count). The molecule has 0 heterocycles. The van der Waals surface area contributed by atoms with Crippen LogP contribution in [0.1, 0.15) is 0 Å². The zero-order valence-electron chi connectivity index (χ0n) is 5.51. The number of ether oxygens (including phenoxy) is 2. The fourth-order valence-corrected chi connectivity index (χ4v) is 0.0833. The Morgan fingerprint density at radius 3 is 1.40 bits per heavy atom. The summed E-state index contributed by atoms with van der Waals surface area (Å²) in [6.07, 6.45) is -0.657. The van der Waals surface area contributed by atoms with Gasteiger partial charge < -0.3 is 24.2 Å². The van der Waals surface area contributed by atoms with Crippen molar-refractivity contribution in [3.63, 3.8) is 0 Å². The summed E-state index contributed by atoms with van der Waals surface area (Å²) in [4.78, 5) is 31.4. The molecule has 0 radical (unpaired) electrons. The molecule has 3 N–H and O–H groups in total. The van der Waals surface area contributed by atoms with Gasteiger partial charge in [0.05, 0.1) is 14.2 Å². The van der Waals surface area contributed by atoms with Crippen molar-refractivity contribution in [3.8, 4) is 0 Å². The second kappa shape index (κ2) is 8.58. The van der Waals surface area contributed by atoms with E-state index in [-0.39, 0.29) is 0 Å². The SMILES string of the molecule is COC(=O)OC.OP(O)O. The first-order valence-corrected chi connectivity index (χ1v) is 3.23. The summed E-state index contributed by atoms with van der Waals surface area (Å²) in [6.45, 7) is 0. The number of rotatable bonds is 0. The molecule has 0 unspecified atom stereocenters. The maximum atomic E-state index is 9.74. The fourth-order valence-electron chi connectivity index (χ4n) is 0.0833. The minimum absolute atomic E-state index is 0.657. The predicted molar refractivity (Wildman–Crippen MR) is 33.0 cm³/mol. The quantitative estimate of drug-likeness (QED) is 0.339. The van der Waals surface area contributed by atoms with Crippen LogP contribution in [0.15, 0.2) is 0 Å². The largest absolute Gasteiger partial charge is 0.507 e. The van der Waals surface area contributed by atoms with Crippen molar-refractivity contribution in [1.82, 2.24) is 0 Å². The minimum atomic E-state index is -2.62. The van der Waals surface area contributed by atoms with E-state index in [4.69, 9.17) is 14.7 Å². The van der Waals surface area contributed by atoms with Crippen molar-refractivity contribution in [3.05, 3.63) is 0 Å². The monoisotopic (exact) mass is 172 g/mol. The van der Waals surface area contributed by atoms with E-state index >= 15 is 0 Å². The summed E-state index contributed by atoms with van der Waals surface area (Å²) in [6, 6.07) is 0. The molecule has 62 valence electrons. The molecule has 7 heteroatoms. The fraction of sp³-hybridized carbons (Fsp3) is 0.667. The zero-order valence-corrected chi connectivity index (χ0v) is 6.41. The summed E-state index contributed by atoms with van der Waals surface area (Å²) in [5, 5.41) is 0. The lowest BCUT2D eigenvalue weighted by Crippen LogP contribution is -1.97. The molecule has 0 spiro atoms. The molecule has 0 saturated heterocycles. The zero-order chi connectivity index (χ0) is 8.57. The molecule has 0 saturated carbocycles. The third-order valence-corrected chi connectivity index (χ3v) is 0.333. The second-order valence-corrected chi connectivity index (χ2v) is 1.46. The second-order valence-electron chi connectivity index (χ2n) is 0.927. The summed E-state index contributed by atoms with van der Waals surface area (Å²) in [5.41, 5.74) is 0. The summed E-state index contributed by atoms with van der Waals surface area (Å²) >= 11 is 0. The lowest BCUT2D eigenvalue weighted by atomic mass is 11.3. The molecule has 0 amide bonds. The van der Waals surface area contributed by atoms with Gasteiger partial charge in [0.2, 0.25) is 0 Å². The normalized spacial score (nSPS) is 7.80. The first-order chi connectivity index (χ1) is 4.54. The number of carbonyl (C=O) groups excluding carboxylic acids is 1. The first-order valence-electron chi connectivity index (χ1n) is 2.03. The lowest BCUT2D eigenvalue weighted by molar-refractivity contribution is 0.0924. The van der Waals surface area contributed by atoms with Crippen LogP contribution < -0.4 is 0 Å². The van der Waals surface area contributed by atoms with E-state index < -0.39 is 14.8 Å². The van der Waals surface area contributed by atoms with Crippen molar-refractivity contribution in [2.24, 2.45) is 0 Å². The van der Waals surface area contributed by atoms with E-state index in [1.807, 2.05) is 0 Å². The molecule has 0 aromatic rings. The Kier molecular flexibility index (Phi) is 10.5. The molecule has 0 atom stereocenters. The highest BCUT2D eigenvalue weighted by atomic mass is 31.2. The minimum Gasteiger partial charge on any atom is -0.438 e. The third-order valence-electron chi connectivity index (χ3n) is 0.333. The van der Waals surface area contributed by atoms with E-state index in [1.165, 1.54) is 14.2 Å². The molecule has 0 aliphatic carbocycles. The van der Waals surface area contributed by atoms with Gasteiger partial charge in [0, 0.05) is 0 Å². The van der Waals surface area contributed by atoms with E-state index in [0.717, 1.165) is 0 Å². The highest BCUT2D eigenvalue weighted by molar-refractivity contribution is 7.38. The van der Waals surface area contributed by atoms with Crippen LogP contribution >= 0.6 is 8.60 Å². The molecule has 0 aliphatic rings. The molecule has 10 heavy (non-hydrogen) atoms. The predicted octanol–water partition coefficient (Wildman–Crippen LogP) is -0.411. The first kappa shape index (κ1) is 12.3. The van der Waals surface area contributed by atoms with Crippen molar-refractivity contribution >= 4 is 14.8 Å². The molecular weight excluding hydrogens is 163 g/mol. The third kappa shape index (κ3) is 25.6. The van der Waals surface area contributed by atoms with Crippen LogP contribution in [0.5, 0.6) is 0 Å². The maximum absolute atomic E-state index is 9.74. The van der Waals surface area contributed by atoms with Crippen LogP contribution in [0.25, 0.3) is 0 Å². The Bertz CT molecular complexity index is 74.3. The van der Waals surface area contributed by atoms with Crippen molar-refractivity contribution in [2.75, 3.05) is 14.2 Å². The summed E-state index contributed by atoms with van der Waals surface area (Å²) in [7, 11) is -0.109. The van der Waals surface area contributed by atoms with E-state index in [9.17, 15) is 4.79 Å². The van der Waals surface area contributed by atoms with Crippen LogP contribution in [-0.2, 0) is 9.47 Å². The molecule has 0 fully saturated rings. The Balaban J connectivity index is 0. The molecule has 0 aromatic heterocycles. The van der Waals surface area contributed by atoms with E-state index in [0.29, 0.717) is 0 Å². The van der Waals surface area contributed by atoms with Gasteiger partial charge in [0.25, 0.3) is 0 Å². The number of methoxy groups -OCH3 is 2. The van der Waals surface area contributed by atoms with Crippen LogP contribution in [0, 0.1) is 0 Å². The molecule has 0 bridgehead atoms. The molecule has 6 nitrogen and oxygen atoms in total. The molecule has 0 aromatic carbocycles. The lowest BCUT2D eigenvalue weighted by Gasteiger charge is -1.89. The number of hydrogen-bond donors (Lipinski definition) is 3. The van der Waals surface area contributed by atoms with Gasteiger partial charge in [-0.05, 0) is 0 Å². The average Bonchev–Trinajstić information content (AvgIpc) is 1.85. The van der Waals surface area contributed by atoms with Gasteiger partial charge in [-0.25, -0.2) is 4.79 Å². The molecular formula is C3H9O6P. The van der Waals surface area contributed by atoms with Crippen molar-refractivity contribution in [2.45, 2.75) is 0 Å². The van der Waals surface area contributed by atoms with Gasteiger partial charge in [-0.15, -0.1) is 0 Å². The van der Waals surface area contributed by atoms with Crippen molar-refractivity contribution < 1.29 is 28.9 Å². The highest BCUT2D eigenvalue weighted by Gasteiger charge is 1.88.